The van der Waals surface area contributed by atoms with Gasteiger partial charge in [-0.15, -0.1) is 0 Å². The Kier molecular flexibility index (Phi) is 3.99. The van der Waals surface area contributed by atoms with Gasteiger partial charge >= 0.3 is 0 Å². The van der Waals surface area contributed by atoms with Crippen molar-refractivity contribution in [3.8, 4) is 0 Å². The molecule has 1 aliphatic heterocycles. The number of piperidine rings is 1. The van der Waals surface area contributed by atoms with Gasteiger partial charge in [-0.3, -0.25) is 0 Å². The molecule has 1 saturated heterocycles. The number of aromatic nitrogens is 1. The molecule has 2 rings (SSSR count). The third-order valence-electron chi connectivity index (χ3n) is 3.35. The Hall–Kier alpha value is -0.980. The van der Waals surface area contributed by atoms with Gasteiger partial charge in [0.05, 0.1) is 0 Å². The van der Waals surface area contributed by atoms with Crippen LogP contribution in [0.3, 0.4) is 0 Å². The van der Waals surface area contributed by atoms with Gasteiger partial charge in [0, 0.05) is 19.3 Å². The number of hydrogen-bond donors (Lipinski definition) is 1. The molecule has 0 aliphatic carbocycles. The number of sulfonamides is 1. The van der Waals surface area contributed by atoms with Gasteiger partial charge in [0.15, 0.2) is 5.03 Å². The zero-order chi connectivity index (χ0) is 13.2. The summed E-state index contributed by atoms with van der Waals surface area (Å²) in [7, 11) is -1.82. The first-order chi connectivity index (χ1) is 8.51. The van der Waals surface area contributed by atoms with Crippen molar-refractivity contribution in [2.45, 2.75) is 30.8 Å². The Labute approximate surface area is 108 Å². The van der Waals surface area contributed by atoms with Gasteiger partial charge in [-0.1, -0.05) is 6.07 Å². The molecule has 0 radical (unpaired) electrons. The molecule has 0 bridgehead atoms. The molecule has 1 N–H and O–H groups in total. The number of aryl methyl sites for hydroxylation is 1. The first kappa shape index (κ1) is 13.5. The molecule has 1 aliphatic rings. The van der Waals surface area contributed by atoms with E-state index in [1.54, 1.807) is 25.4 Å². The Bertz CT molecular complexity index is 493. The summed E-state index contributed by atoms with van der Waals surface area (Å²) in [5.41, 5.74) is 0.957. The van der Waals surface area contributed by atoms with Crippen molar-refractivity contribution >= 4 is 10.0 Å². The van der Waals surface area contributed by atoms with Crippen molar-refractivity contribution in [1.29, 1.82) is 0 Å². The van der Waals surface area contributed by atoms with E-state index in [2.05, 4.69) is 10.3 Å². The molecular formula is C12H19N3O2S. The Morgan fingerprint density at radius 1 is 1.33 bits per heavy atom. The maximum absolute atomic E-state index is 12.4. The summed E-state index contributed by atoms with van der Waals surface area (Å²) in [6.45, 7) is 3.62. The highest BCUT2D eigenvalue weighted by Crippen LogP contribution is 2.19. The number of nitrogens with one attached hydrogen (secondary N) is 1. The van der Waals surface area contributed by atoms with Crippen LogP contribution >= 0.6 is 0 Å². The highest BCUT2D eigenvalue weighted by atomic mass is 32.2. The molecule has 1 fully saturated rings. The van der Waals surface area contributed by atoms with Crippen molar-refractivity contribution in [3.63, 3.8) is 0 Å². The van der Waals surface area contributed by atoms with E-state index in [0.717, 1.165) is 31.5 Å². The average Bonchev–Trinajstić information content (AvgIpc) is 2.39. The molecule has 1 aromatic rings. The lowest BCUT2D eigenvalue weighted by atomic mass is 10.1. The van der Waals surface area contributed by atoms with Crippen LogP contribution in [0, 0.1) is 6.92 Å². The maximum Gasteiger partial charge on any atom is 0.260 e. The molecule has 2 heterocycles. The molecular weight excluding hydrogens is 250 g/mol. The van der Waals surface area contributed by atoms with Gasteiger partial charge in [0.2, 0.25) is 0 Å². The van der Waals surface area contributed by atoms with Crippen molar-refractivity contribution in [2.75, 3.05) is 20.1 Å². The molecule has 6 heteroatoms. The van der Waals surface area contributed by atoms with Crippen LogP contribution in [-0.2, 0) is 10.0 Å². The second-order valence-electron chi connectivity index (χ2n) is 4.68. The first-order valence-electron chi connectivity index (χ1n) is 6.13. The zero-order valence-corrected chi connectivity index (χ0v) is 11.6. The van der Waals surface area contributed by atoms with Crippen LogP contribution in [0.4, 0.5) is 0 Å². The number of hydrogen-bond acceptors (Lipinski definition) is 4. The summed E-state index contributed by atoms with van der Waals surface area (Å²) in [5, 5.41) is 3.36. The van der Waals surface area contributed by atoms with E-state index in [1.165, 1.54) is 4.31 Å². The Balaban J connectivity index is 2.21. The predicted molar refractivity (Wildman–Crippen MR) is 69.8 cm³/mol. The van der Waals surface area contributed by atoms with Gasteiger partial charge in [0.25, 0.3) is 10.0 Å². The van der Waals surface area contributed by atoms with Crippen molar-refractivity contribution < 1.29 is 8.42 Å². The van der Waals surface area contributed by atoms with Crippen LogP contribution in [0.15, 0.2) is 23.4 Å². The van der Waals surface area contributed by atoms with E-state index in [1.807, 2.05) is 6.92 Å². The van der Waals surface area contributed by atoms with Crippen LogP contribution in [0.5, 0.6) is 0 Å². The number of pyridine rings is 1. The highest BCUT2D eigenvalue weighted by Gasteiger charge is 2.29. The monoisotopic (exact) mass is 269 g/mol. The summed E-state index contributed by atoms with van der Waals surface area (Å²) in [6, 6.07) is 3.41. The van der Waals surface area contributed by atoms with E-state index in [-0.39, 0.29) is 11.1 Å². The SMILES string of the molecule is Cc1ccc(S(=O)(=O)N(C)C2CCNCC2)nc1. The quantitative estimate of drug-likeness (QED) is 0.880. The molecule has 0 saturated carbocycles. The second-order valence-corrected chi connectivity index (χ2v) is 6.62. The molecule has 18 heavy (non-hydrogen) atoms. The molecule has 100 valence electrons. The van der Waals surface area contributed by atoms with E-state index in [0.29, 0.717) is 0 Å². The van der Waals surface area contributed by atoms with E-state index in [4.69, 9.17) is 0 Å². The van der Waals surface area contributed by atoms with Gasteiger partial charge in [-0.2, -0.15) is 4.31 Å². The fraction of sp³-hybridized carbons (Fsp3) is 0.583. The highest BCUT2D eigenvalue weighted by molar-refractivity contribution is 7.89. The van der Waals surface area contributed by atoms with E-state index >= 15 is 0 Å². The lowest BCUT2D eigenvalue weighted by Gasteiger charge is -2.30. The third-order valence-corrected chi connectivity index (χ3v) is 5.18. The van der Waals surface area contributed by atoms with Crippen molar-refractivity contribution in [1.82, 2.24) is 14.6 Å². The van der Waals surface area contributed by atoms with Gasteiger partial charge in [0.1, 0.15) is 0 Å². The molecule has 0 atom stereocenters. The topological polar surface area (TPSA) is 62.3 Å². The Morgan fingerprint density at radius 3 is 2.56 bits per heavy atom. The summed E-state index contributed by atoms with van der Waals surface area (Å²) in [6.07, 6.45) is 3.28. The minimum atomic E-state index is -3.46. The Morgan fingerprint density at radius 2 is 2.00 bits per heavy atom. The lowest BCUT2D eigenvalue weighted by molar-refractivity contribution is 0.295. The third kappa shape index (κ3) is 2.71. The molecule has 1 aromatic heterocycles. The summed E-state index contributed by atoms with van der Waals surface area (Å²) < 4.78 is 26.2. The van der Waals surface area contributed by atoms with Crippen molar-refractivity contribution in [2.24, 2.45) is 0 Å². The van der Waals surface area contributed by atoms with Crippen LogP contribution in [-0.4, -0.2) is 43.9 Å². The summed E-state index contributed by atoms with van der Waals surface area (Å²) >= 11 is 0. The van der Waals surface area contributed by atoms with E-state index in [9.17, 15) is 8.42 Å². The van der Waals surface area contributed by atoms with Crippen LogP contribution in [0.25, 0.3) is 0 Å². The fourth-order valence-electron chi connectivity index (χ4n) is 2.12. The average molecular weight is 269 g/mol. The first-order valence-corrected chi connectivity index (χ1v) is 7.57. The number of rotatable bonds is 3. The largest absolute Gasteiger partial charge is 0.317 e. The van der Waals surface area contributed by atoms with Crippen LogP contribution < -0.4 is 5.32 Å². The standard InChI is InChI=1S/C12H19N3O2S/c1-10-3-4-12(14-9-10)18(16,17)15(2)11-5-7-13-8-6-11/h3-4,9,11,13H,5-8H2,1-2H3. The lowest BCUT2D eigenvalue weighted by Crippen LogP contribution is -2.44. The van der Waals surface area contributed by atoms with Crippen LogP contribution in [0.1, 0.15) is 18.4 Å². The minimum Gasteiger partial charge on any atom is -0.317 e. The maximum atomic E-state index is 12.4. The second kappa shape index (κ2) is 5.34. The molecule has 0 spiro atoms. The van der Waals surface area contributed by atoms with Crippen molar-refractivity contribution in [3.05, 3.63) is 23.9 Å². The van der Waals surface area contributed by atoms with Gasteiger partial charge in [-0.25, -0.2) is 13.4 Å². The van der Waals surface area contributed by atoms with Gasteiger partial charge < -0.3 is 5.32 Å². The smallest absolute Gasteiger partial charge is 0.260 e. The number of nitrogens with zero attached hydrogens (tertiary/aromatic N) is 2. The van der Waals surface area contributed by atoms with E-state index < -0.39 is 10.0 Å². The predicted octanol–water partition coefficient (Wildman–Crippen LogP) is 0.763. The summed E-state index contributed by atoms with van der Waals surface area (Å²) in [5.74, 6) is 0. The zero-order valence-electron chi connectivity index (χ0n) is 10.8. The molecule has 0 unspecified atom stereocenters. The molecule has 0 amide bonds. The fourth-order valence-corrected chi connectivity index (χ4v) is 3.45. The molecule has 5 nitrogen and oxygen atoms in total. The van der Waals surface area contributed by atoms with Gasteiger partial charge in [-0.05, 0) is 44.5 Å². The normalized spacial score (nSPS) is 18.2. The summed E-state index contributed by atoms with van der Waals surface area (Å²) in [4.78, 5) is 4.02. The van der Waals surface area contributed by atoms with Crippen LogP contribution in [0.2, 0.25) is 0 Å². The minimum absolute atomic E-state index is 0.0688. The molecule has 0 aromatic carbocycles.